The standard InChI is InChI=1S/C14H23IN4O/c1-9(2)7-10-12(15)14(16-3)18-13(17-10)11-8-19(4)5-6-20-11/h9,11H,5-8H2,1-4H3,(H,16,17,18). The summed E-state index contributed by atoms with van der Waals surface area (Å²) in [6, 6.07) is 0. The summed E-state index contributed by atoms with van der Waals surface area (Å²) in [6.45, 7) is 6.98. The average molecular weight is 390 g/mol. The Morgan fingerprint density at radius 2 is 2.20 bits per heavy atom. The Balaban J connectivity index is 2.32. The van der Waals surface area contributed by atoms with Gasteiger partial charge >= 0.3 is 0 Å². The normalized spacial score (nSPS) is 20.4. The Bertz CT molecular complexity index is 467. The second-order valence-electron chi connectivity index (χ2n) is 5.66. The second kappa shape index (κ2) is 7.00. The minimum Gasteiger partial charge on any atom is -0.372 e. The van der Waals surface area contributed by atoms with Gasteiger partial charge in [-0.25, -0.2) is 9.97 Å². The molecule has 1 aromatic rings. The summed E-state index contributed by atoms with van der Waals surface area (Å²) >= 11 is 2.33. The van der Waals surface area contributed by atoms with Gasteiger partial charge in [-0.3, -0.25) is 0 Å². The number of ether oxygens (including phenoxy) is 1. The number of nitrogens with zero attached hydrogens (tertiary/aromatic N) is 3. The van der Waals surface area contributed by atoms with E-state index in [9.17, 15) is 0 Å². The first-order chi connectivity index (χ1) is 9.51. The topological polar surface area (TPSA) is 50.3 Å². The van der Waals surface area contributed by atoms with Crippen molar-refractivity contribution in [1.82, 2.24) is 14.9 Å². The van der Waals surface area contributed by atoms with Crippen LogP contribution in [0.1, 0.15) is 31.5 Å². The van der Waals surface area contributed by atoms with E-state index in [1.165, 1.54) is 0 Å². The first-order valence-corrected chi connectivity index (χ1v) is 8.13. The highest BCUT2D eigenvalue weighted by atomic mass is 127. The number of nitrogens with one attached hydrogen (secondary N) is 1. The van der Waals surface area contributed by atoms with Crippen molar-refractivity contribution in [3.05, 3.63) is 15.1 Å². The Labute approximate surface area is 134 Å². The molecule has 0 amide bonds. The van der Waals surface area contributed by atoms with Crippen LogP contribution in [0.5, 0.6) is 0 Å². The fourth-order valence-electron chi connectivity index (χ4n) is 2.28. The van der Waals surface area contributed by atoms with Crippen molar-refractivity contribution in [3.8, 4) is 0 Å². The fourth-order valence-corrected chi connectivity index (χ4v) is 3.01. The molecule has 0 aromatic carbocycles. The maximum atomic E-state index is 5.84. The molecule has 1 atom stereocenters. The summed E-state index contributed by atoms with van der Waals surface area (Å²) in [5.74, 6) is 2.28. The number of anilines is 1. The highest BCUT2D eigenvalue weighted by Crippen LogP contribution is 2.26. The minimum absolute atomic E-state index is 0.0243. The van der Waals surface area contributed by atoms with Gasteiger partial charge in [0.15, 0.2) is 5.82 Å². The Morgan fingerprint density at radius 3 is 2.80 bits per heavy atom. The molecule has 5 nitrogen and oxygen atoms in total. The second-order valence-corrected chi connectivity index (χ2v) is 6.74. The van der Waals surface area contributed by atoms with Gasteiger partial charge in [0.1, 0.15) is 11.9 Å². The summed E-state index contributed by atoms with van der Waals surface area (Å²) in [7, 11) is 4.01. The van der Waals surface area contributed by atoms with Gasteiger partial charge in [-0.15, -0.1) is 0 Å². The Kier molecular flexibility index (Phi) is 5.57. The number of rotatable bonds is 4. The van der Waals surface area contributed by atoms with Crippen LogP contribution in [0, 0.1) is 9.49 Å². The van der Waals surface area contributed by atoms with Gasteiger partial charge in [0.25, 0.3) is 0 Å². The molecule has 0 bridgehead atoms. The van der Waals surface area contributed by atoms with Gasteiger partial charge in [0.2, 0.25) is 0 Å². The maximum absolute atomic E-state index is 5.84. The lowest BCUT2D eigenvalue weighted by Gasteiger charge is -2.29. The largest absolute Gasteiger partial charge is 0.372 e. The molecule has 1 unspecified atom stereocenters. The SMILES string of the molecule is CNc1nc(C2CN(C)CCO2)nc(CC(C)C)c1I. The zero-order chi connectivity index (χ0) is 14.7. The van der Waals surface area contributed by atoms with Crippen LogP contribution in [0.4, 0.5) is 5.82 Å². The first kappa shape index (κ1) is 15.9. The monoisotopic (exact) mass is 390 g/mol. The molecular weight excluding hydrogens is 367 g/mol. The molecule has 0 saturated carbocycles. The van der Waals surface area contributed by atoms with Crippen LogP contribution in [-0.4, -0.2) is 48.7 Å². The van der Waals surface area contributed by atoms with Gasteiger partial charge in [-0.05, 0) is 42.0 Å². The van der Waals surface area contributed by atoms with Crippen molar-refractivity contribution in [1.29, 1.82) is 0 Å². The van der Waals surface area contributed by atoms with E-state index in [0.717, 1.165) is 47.0 Å². The van der Waals surface area contributed by atoms with Crippen LogP contribution in [0.2, 0.25) is 0 Å². The summed E-state index contributed by atoms with van der Waals surface area (Å²) in [5.41, 5.74) is 1.12. The van der Waals surface area contributed by atoms with E-state index in [1.807, 2.05) is 7.05 Å². The number of hydrogen-bond acceptors (Lipinski definition) is 5. The number of morpholine rings is 1. The smallest absolute Gasteiger partial charge is 0.161 e. The van der Waals surface area contributed by atoms with Crippen LogP contribution in [0.3, 0.4) is 0 Å². The zero-order valence-electron chi connectivity index (χ0n) is 12.6. The predicted molar refractivity (Wildman–Crippen MR) is 89.0 cm³/mol. The highest BCUT2D eigenvalue weighted by molar-refractivity contribution is 14.1. The van der Waals surface area contributed by atoms with Crippen LogP contribution in [0.15, 0.2) is 0 Å². The van der Waals surface area contributed by atoms with E-state index in [1.54, 1.807) is 0 Å². The van der Waals surface area contributed by atoms with Crippen molar-refractivity contribution in [3.63, 3.8) is 0 Å². The third-order valence-electron chi connectivity index (χ3n) is 3.33. The molecule has 6 heteroatoms. The van der Waals surface area contributed by atoms with Gasteiger partial charge in [0, 0.05) is 20.1 Å². The molecule has 0 spiro atoms. The van der Waals surface area contributed by atoms with E-state index in [2.05, 4.69) is 58.7 Å². The van der Waals surface area contributed by atoms with E-state index < -0.39 is 0 Å². The molecule has 1 fully saturated rings. The quantitative estimate of drug-likeness (QED) is 0.800. The molecule has 1 N–H and O–H groups in total. The maximum Gasteiger partial charge on any atom is 0.161 e. The third-order valence-corrected chi connectivity index (χ3v) is 4.47. The molecule has 0 aliphatic carbocycles. The molecule has 112 valence electrons. The first-order valence-electron chi connectivity index (χ1n) is 7.05. The van der Waals surface area contributed by atoms with E-state index >= 15 is 0 Å². The third kappa shape index (κ3) is 3.79. The summed E-state index contributed by atoms with van der Waals surface area (Å²) in [5, 5.41) is 3.17. The molecule has 2 rings (SSSR count). The van der Waals surface area contributed by atoms with Gasteiger partial charge in [-0.2, -0.15) is 0 Å². The van der Waals surface area contributed by atoms with Crippen molar-refractivity contribution in [2.75, 3.05) is 39.1 Å². The Hall–Kier alpha value is -0.470. The number of aromatic nitrogens is 2. The summed E-state index contributed by atoms with van der Waals surface area (Å²) in [4.78, 5) is 11.7. The van der Waals surface area contributed by atoms with Crippen LogP contribution in [-0.2, 0) is 11.2 Å². The number of halogens is 1. The van der Waals surface area contributed by atoms with Gasteiger partial charge in [0.05, 0.1) is 15.9 Å². The van der Waals surface area contributed by atoms with E-state index in [-0.39, 0.29) is 6.10 Å². The Morgan fingerprint density at radius 1 is 1.45 bits per heavy atom. The molecule has 2 heterocycles. The number of hydrogen-bond donors (Lipinski definition) is 1. The van der Waals surface area contributed by atoms with Crippen LogP contribution in [0.25, 0.3) is 0 Å². The van der Waals surface area contributed by atoms with Crippen molar-refractivity contribution < 1.29 is 4.74 Å². The van der Waals surface area contributed by atoms with Crippen molar-refractivity contribution >= 4 is 28.4 Å². The minimum atomic E-state index is -0.0243. The lowest BCUT2D eigenvalue weighted by atomic mass is 10.1. The van der Waals surface area contributed by atoms with Crippen molar-refractivity contribution in [2.24, 2.45) is 5.92 Å². The fraction of sp³-hybridized carbons (Fsp3) is 0.714. The molecule has 1 aromatic heterocycles. The number of likely N-dealkylation sites (N-methyl/N-ethyl adjacent to an activating group) is 1. The molecule has 1 saturated heterocycles. The van der Waals surface area contributed by atoms with Crippen LogP contribution < -0.4 is 5.32 Å². The molecule has 1 aliphatic rings. The van der Waals surface area contributed by atoms with Crippen molar-refractivity contribution in [2.45, 2.75) is 26.4 Å². The molecule has 20 heavy (non-hydrogen) atoms. The zero-order valence-corrected chi connectivity index (χ0v) is 14.8. The summed E-state index contributed by atoms with van der Waals surface area (Å²) < 4.78 is 6.95. The van der Waals surface area contributed by atoms with E-state index in [4.69, 9.17) is 9.72 Å². The highest BCUT2D eigenvalue weighted by Gasteiger charge is 2.24. The average Bonchev–Trinajstić information content (AvgIpc) is 2.40. The molecular formula is C14H23IN4O. The molecule has 0 radical (unpaired) electrons. The molecule has 1 aliphatic heterocycles. The predicted octanol–water partition coefficient (Wildman–Crippen LogP) is 2.32. The van der Waals surface area contributed by atoms with E-state index in [0.29, 0.717) is 5.92 Å². The summed E-state index contributed by atoms with van der Waals surface area (Å²) in [6.07, 6.45) is 0.939. The lowest BCUT2D eigenvalue weighted by molar-refractivity contribution is -0.0255. The van der Waals surface area contributed by atoms with Gasteiger partial charge in [-0.1, -0.05) is 13.8 Å². The lowest BCUT2D eigenvalue weighted by Crippen LogP contribution is -2.36. The van der Waals surface area contributed by atoms with Gasteiger partial charge < -0.3 is 15.0 Å². The van der Waals surface area contributed by atoms with Crippen LogP contribution >= 0.6 is 22.6 Å².